The van der Waals surface area contributed by atoms with Crippen molar-refractivity contribution in [1.29, 1.82) is 0 Å². The summed E-state index contributed by atoms with van der Waals surface area (Å²) >= 11 is 0. The van der Waals surface area contributed by atoms with Gasteiger partial charge in [0.15, 0.2) is 0 Å². The van der Waals surface area contributed by atoms with Crippen LogP contribution in [0.1, 0.15) is 17.4 Å². The van der Waals surface area contributed by atoms with Crippen molar-refractivity contribution in [3.63, 3.8) is 0 Å². The van der Waals surface area contributed by atoms with E-state index in [0.29, 0.717) is 11.6 Å². The van der Waals surface area contributed by atoms with E-state index in [0.717, 1.165) is 11.6 Å². The molecule has 8 heteroatoms. The number of hydrogen-bond donors (Lipinski definition) is 1. The van der Waals surface area contributed by atoms with Crippen LogP contribution in [0.3, 0.4) is 0 Å². The van der Waals surface area contributed by atoms with Crippen molar-refractivity contribution in [3.05, 3.63) is 82.2 Å². The number of rotatable bonds is 6. The van der Waals surface area contributed by atoms with Gasteiger partial charge < -0.3 is 14.6 Å². The van der Waals surface area contributed by atoms with Crippen LogP contribution in [-0.2, 0) is 7.05 Å². The van der Waals surface area contributed by atoms with E-state index >= 15 is 0 Å². The van der Waals surface area contributed by atoms with Crippen molar-refractivity contribution in [3.8, 4) is 5.75 Å². The molecule has 2 aromatic carbocycles. The lowest BCUT2D eigenvalue weighted by Crippen LogP contribution is -2.17. The van der Waals surface area contributed by atoms with E-state index < -0.39 is 16.8 Å². The van der Waals surface area contributed by atoms with Gasteiger partial charge in [0, 0.05) is 19.4 Å². The van der Waals surface area contributed by atoms with Crippen LogP contribution in [0, 0.1) is 15.9 Å². The van der Waals surface area contributed by atoms with Gasteiger partial charge in [-0.2, -0.15) is 0 Å². The Hall–Kier alpha value is -3.42. The van der Waals surface area contributed by atoms with Gasteiger partial charge in [-0.05, 0) is 29.8 Å². The monoisotopic (exact) mass is 356 g/mol. The molecule has 0 radical (unpaired) electrons. The van der Waals surface area contributed by atoms with Crippen LogP contribution >= 0.6 is 0 Å². The zero-order chi connectivity index (χ0) is 18.7. The fourth-order valence-electron chi connectivity index (χ4n) is 2.71. The first-order valence-corrected chi connectivity index (χ1v) is 7.81. The van der Waals surface area contributed by atoms with E-state index in [4.69, 9.17) is 4.74 Å². The van der Waals surface area contributed by atoms with E-state index in [2.05, 4.69) is 10.3 Å². The maximum atomic E-state index is 13.4. The van der Waals surface area contributed by atoms with Gasteiger partial charge in [0.05, 0.1) is 18.1 Å². The second kappa shape index (κ2) is 7.22. The summed E-state index contributed by atoms with van der Waals surface area (Å²) in [6.07, 6.45) is 3.42. The average Bonchev–Trinajstić information content (AvgIpc) is 3.06. The molecule has 3 rings (SSSR count). The maximum Gasteiger partial charge on any atom is 0.295 e. The van der Waals surface area contributed by atoms with E-state index in [1.807, 2.05) is 29.8 Å². The summed E-state index contributed by atoms with van der Waals surface area (Å²) in [4.78, 5) is 15.0. The first-order valence-electron chi connectivity index (χ1n) is 7.81. The molecule has 0 aliphatic rings. The third-order valence-corrected chi connectivity index (χ3v) is 4.00. The topological polar surface area (TPSA) is 82.2 Å². The predicted molar refractivity (Wildman–Crippen MR) is 94.7 cm³/mol. The zero-order valence-corrected chi connectivity index (χ0v) is 14.2. The van der Waals surface area contributed by atoms with Gasteiger partial charge in [0.2, 0.25) is 0 Å². The summed E-state index contributed by atoms with van der Waals surface area (Å²) in [5.41, 5.74) is 0.664. The lowest BCUT2D eigenvalue weighted by molar-refractivity contribution is -0.384. The minimum Gasteiger partial charge on any atom is -0.497 e. The van der Waals surface area contributed by atoms with Crippen LogP contribution in [0.4, 0.5) is 15.8 Å². The molecule has 1 unspecified atom stereocenters. The first kappa shape index (κ1) is 17.4. The number of aryl methyl sites for hydroxylation is 1. The molecule has 0 aliphatic carbocycles. The second-order valence-electron chi connectivity index (χ2n) is 5.67. The molecule has 0 saturated heterocycles. The number of nitro benzene ring substituents is 1. The van der Waals surface area contributed by atoms with Crippen molar-refractivity contribution >= 4 is 11.4 Å². The lowest BCUT2D eigenvalue weighted by atomic mass is 10.0. The summed E-state index contributed by atoms with van der Waals surface area (Å²) in [6.45, 7) is 0. The highest BCUT2D eigenvalue weighted by molar-refractivity contribution is 5.63. The Bertz CT molecular complexity index is 942. The number of nitrogens with zero attached hydrogens (tertiary/aromatic N) is 3. The number of nitrogens with one attached hydrogen (secondary N) is 1. The third-order valence-electron chi connectivity index (χ3n) is 4.00. The SMILES string of the molecule is COc1cccc(C(Nc2ccc(F)cc2[N+](=O)[O-])c2nccn2C)c1. The van der Waals surface area contributed by atoms with Crippen LogP contribution < -0.4 is 10.1 Å². The van der Waals surface area contributed by atoms with E-state index in [-0.39, 0.29) is 11.4 Å². The predicted octanol–water partition coefficient (Wildman–Crippen LogP) is 3.68. The molecule has 0 amide bonds. The number of anilines is 1. The highest BCUT2D eigenvalue weighted by Crippen LogP contribution is 2.32. The third kappa shape index (κ3) is 3.49. The summed E-state index contributed by atoms with van der Waals surface area (Å²) in [5, 5.41) is 14.4. The molecule has 3 aromatic rings. The summed E-state index contributed by atoms with van der Waals surface area (Å²) < 4.78 is 20.5. The van der Waals surface area contributed by atoms with Gasteiger partial charge in [-0.15, -0.1) is 0 Å². The average molecular weight is 356 g/mol. The van der Waals surface area contributed by atoms with Crippen LogP contribution in [0.15, 0.2) is 54.9 Å². The largest absolute Gasteiger partial charge is 0.497 e. The fourth-order valence-corrected chi connectivity index (χ4v) is 2.71. The van der Waals surface area contributed by atoms with Gasteiger partial charge >= 0.3 is 0 Å². The Balaban J connectivity index is 2.08. The highest BCUT2D eigenvalue weighted by Gasteiger charge is 2.23. The molecule has 0 saturated carbocycles. The first-order chi connectivity index (χ1) is 12.5. The fraction of sp³-hybridized carbons (Fsp3) is 0.167. The van der Waals surface area contributed by atoms with Crippen molar-refractivity contribution in [1.82, 2.24) is 9.55 Å². The normalized spacial score (nSPS) is 11.8. The van der Waals surface area contributed by atoms with Gasteiger partial charge in [-0.1, -0.05) is 12.1 Å². The van der Waals surface area contributed by atoms with Gasteiger partial charge in [-0.25, -0.2) is 9.37 Å². The number of aromatic nitrogens is 2. The van der Waals surface area contributed by atoms with Gasteiger partial charge in [0.25, 0.3) is 5.69 Å². The number of imidazole rings is 1. The molecule has 1 heterocycles. The Labute approximate surface area is 149 Å². The lowest BCUT2D eigenvalue weighted by Gasteiger charge is -2.20. The second-order valence-corrected chi connectivity index (χ2v) is 5.67. The van der Waals surface area contributed by atoms with E-state index in [1.165, 1.54) is 12.1 Å². The van der Waals surface area contributed by atoms with Crippen molar-refractivity contribution in [2.24, 2.45) is 7.05 Å². The molecular formula is C18H17FN4O3. The van der Waals surface area contributed by atoms with Crippen LogP contribution in [0.2, 0.25) is 0 Å². The van der Waals surface area contributed by atoms with E-state index in [1.54, 1.807) is 25.6 Å². The molecule has 1 aromatic heterocycles. The van der Waals surface area contributed by atoms with Crippen molar-refractivity contribution in [2.75, 3.05) is 12.4 Å². The number of methoxy groups -OCH3 is 1. The Morgan fingerprint density at radius 3 is 2.77 bits per heavy atom. The molecule has 0 aliphatic heterocycles. The molecule has 1 N–H and O–H groups in total. The molecule has 0 fully saturated rings. The van der Waals surface area contributed by atoms with Gasteiger partial charge in [0.1, 0.15) is 29.1 Å². The highest BCUT2D eigenvalue weighted by atomic mass is 19.1. The minimum absolute atomic E-state index is 0.201. The smallest absolute Gasteiger partial charge is 0.295 e. The van der Waals surface area contributed by atoms with Crippen molar-refractivity contribution < 1.29 is 14.1 Å². The summed E-state index contributed by atoms with van der Waals surface area (Å²) in [6, 6.07) is 10.2. The van der Waals surface area contributed by atoms with Crippen molar-refractivity contribution in [2.45, 2.75) is 6.04 Å². The number of hydrogen-bond acceptors (Lipinski definition) is 5. The molecule has 1 atom stereocenters. The number of halogens is 1. The minimum atomic E-state index is -0.669. The molecule has 7 nitrogen and oxygen atoms in total. The Morgan fingerprint density at radius 2 is 2.12 bits per heavy atom. The van der Waals surface area contributed by atoms with E-state index in [9.17, 15) is 14.5 Å². The quantitative estimate of drug-likeness (QED) is 0.538. The maximum absolute atomic E-state index is 13.4. The standard InChI is InChI=1S/C18H17FN4O3/c1-22-9-8-20-18(22)17(12-4-3-5-14(10-12)26-2)21-15-7-6-13(19)11-16(15)23(24)25/h3-11,17,21H,1-2H3. The number of nitro groups is 1. The van der Waals surface area contributed by atoms with Crippen LogP contribution in [0.5, 0.6) is 5.75 Å². The molecular weight excluding hydrogens is 339 g/mol. The van der Waals surface area contributed by atoms with Gasteiger partial charge in [-0.3, -0.25) is 10.1 Å². The molecule has 134 valence electrons. The summed E-state index contributed by atoms with van der Waals surface area (Å²) in [5.74, 6) is 0.631. The summed E-state index contributed by atoms with van der Waals surface area (Å²) in [7, 11) is 3.39. The molecule has 26 heavy (non-hydrogen) atoms. The molecule has 0 spiro atoms. The zero-order valence-electron chi connectivity index (χ0n) is 14.2. The van der Waals surface area contributed by atoms with Crippen LogP contribution in [0.25, 0.3) is 0 Å². The Morgan fingerprint density at radius 1 is 1.31 bits per heavy atom. The van der Waals surface area contributed by atoms with Crippen LogP contribution in [-0.4, -0.2) is 21.6 Å². The molecule has 0 bridgehead atoms. The Kier molecular flexibility index (Phi) is 4.83. The number of benzene rings is 2. The number of ether oxygens (including phenoxy) is 1.